The smallest absolute Gasteiger partial charge is 0.227 e. The number of phenols is 2. The summed E-state index contributed by atoms with van der Waals surface area (Å²) in [5, 5.41) is 30.2. The third-order valence-electron chi connectivity index (χ3n) is 4.87. The zero-order valence-corrected chi connectivity index (χ0v) is 17.5. The summed E-state index contributed by atoms with van der Waals surface area (Å²) >= 11 is 0. The van der Waals surface area contributed by atoms with Crippen LogP contribution in [-0.2, 0) is 0 Å². The molecule has 2 aromatic heterocycles. The van der Waals surface area contributed by atoms with Crippen molar-refractivity contribution < 1.29 is 29.2 Å². The second-order valence-electron chi connectivity index (χ2n) is 6.98. The fraction of sp³-hybridized carbons (Fsp3) is 0.130. The van der Waals surface area contributed by atoms with Crippen LogP contribution < -0.4 is 14.9 Å². The van der Waals surface area contributed by atoms with E-state index >= 15 is 0 Å². The highest BCUT2D eigenvalue weighted by Crippen LogP contribution is 2.40. The van der Waals surface area contributed by atoms with Crippen LogP contribution in [0.1, 0.15) is 5.76 Å². The van der Waals surface area contributed by atoms with Crippen LogP contribution in [0.15, 0.2) is 51.7 Å². The summed E-state index contributed by atoms with van der Waals surface area (Å²) in [6.07, 6.45) is 0. The standard InChI is InChI=1S/C23H20N2O7/c1-11-8-16(28)21(29)22(32-11)20-19(12-4-7-15(27)18(9-12)31-3)24-23(25-20)14-6-5-13(26)10-17(14)30-2/h4-10,26-27,29H,1-3H3,(H,24,25). The molecular weight excluding hydrogens is 416 g/mol. The molecule has 0 saturated heterocycles. The monoisotopic (exact) mass is 436 g/mol. The summed E-state index contributed by atoms with van der Waals surface area (Å²) in [5.74, 6) is 0.508. The highest BCUT2D eigenvalue weighted by Gasteiger charge is 2.23. The van der Waals surface area contributed by atoms with Crippen LogP contribution >= 0.6 is 0 Å². The zero-order chi connectivity index (χ0) is 23.0. The number of hydrogen-bond acceptors (Lipinski definition) is 8. The molecule has 0 saturated carbocycles. The van der Waals surface area contributed by atoms with Gasteiger partial charge in [0.1, 0.15) is 34.5 Å². The van der Waals surface area contributed by atoms with Crippen molar-refractivity contribution in [3.05, 3.63) is 58.4 Å². The maximum Gasteiger partial charge on any atom is 0.227 e. The lowest BCUT2D eigenvalue weighted by Crippen LogP contribution is -2.01. The average molecular weight is 436 g/mol. The Kier molecular flexibility index (Phi) is 5.23. The second-order valence-corrected chi connectivity index (χ2v) is 6.98. The van der Waals surface area contributed by atoms with Gasteiger partial charge in [-0.1, -0.05) is 0 Å². The quantitative estimate of drug-likeness (QED) is 0.371. The van der Waals surface area contributed by atoms with E-state index in [1.807, 2.05) is 0 Å². The fourth-order valence-corrected chi connectivity index (χ4v) is 3.35. The van der Waals surface area contributed by atoms with Gasteiger partial charge in [0.25, 0.3) is 0 Å². The first-order valence-corrected chi connectivity index (χ1v) is 9.51. The Morgan fingerprint density at radius 3 is 2.44 bits per heavy atom. The van der Waals surface area contributed by atoms with Crippen molar-refractivity contribution in [3.8, 4) is 62.8 Å². The summed E-state index contributed by atoms with van der Waals surface area (Å²) in [7, 11) is 2.88. The molecule has 2 aromatic carbocycles. The van der Waals surface area contributed by atoms with Gasteiger partial charge in [-0.3, -0.25) is 4.79 Å². The van der Waals surface area contributed by atoms with E-state index < -0.39 is 11.2 Å². The summed E-state index contributed by atoms with van der Waals surface area (Å²) in [4.78, 5) is 19.9. The van der Waals surface area contributed by atoms with Crippen LogP contribution in [0.2, 0.25) is 0 Å². The number of aromatic hydroxyl groups is 3. The minimum atomic E-state index is -0.601. The van der Waals surface area contributed by atoms with E-state index in [9.17, 15) is 20.1 Å². The van der Waals surface area contributed by atoms with Crippen LogP contribution in [0, 0.1) is 6.92 Å². The molecule has 0 fully saturated rings. The van der Waals surface area contributed by atoms with Gasteiger partial charge in [0, 0.05) is 17.7 Å². The van der Waals surface area contributed by atoms with E-state index in [-0.39, 0.29) is 28.7 Å². The molecule has 32 heavy (non-hydrogen) atoms. The Labute approximate surface area is 182 Å². The Morgan fingerprint density at radius 1 is 0.969 bits per heavy atom. The van der Waals surface area contributed by atoms with Crippen molar-refractivity contribution in [1.82, 2.24) is 9.97 Å². The van der Waals surface area contributed by atoms with Gasteiger partial charge in [-0.15, -0.1) is 0 Å². The Morgan fingerprint density at radius 2 is 1.72 bits per heavy atom. The third-order valence-corrected chi connectivity index (χ3v) is 4.87. The molecule has 0 unspecified atom stereocenters. The molecule has 0 spiro atoms. The molecule has 4 N–H and O–H groups in total. The third kappa shape index (κ3) is 3.60. The number of aromatic nitrogens is 2. The molecule has 9 nitrogen and oxygen atoms in total. The van der Waals surface area contributed by atoms with Crippen LogP contribution in [-0.4, -0.2) is 39.5 Å². The first-order chi connectivity index (χ1) is 15.3. The largest absolute Gasteiger partial charge is 0.508 e. The van der Waals surface area contributed by atoms with Crippen LogP contribution in [0.25, 0.3) is 34.1 Å². The molecule has 164 valence electrons. The molecule has 0 amide bonds. The number of phenolic OH excluding ortho intramolecular Hbond substituents is 2. The van der Waals surface area contributed by atoms with Crippen LogP contribution in [0.3, 0.4) is 0 Å². The van der Waals surface area contributed by atoms with E-state index in [4.69, 9.17) is 13.9 Å². The van der Waals surface area contributed by atoms with Gasteiger partial charge < -0.3 is 34.2 Å². The summed E-state index contributed by atoms with van der Waals surface area (Å²) in [6, 6.07) is 10.3. The first-order valence-electron chi connectivity index (χ1n) is 9.51. The molecule has 0 aliphatic rings. The van der Waals surface area contributed by atoms with Crippen molar-refractivity contribution in [1.29, 1.82) is 0 Å². The van der Waals surface area contributed by atoms with Crippen molar-refractivity contribution in [2.24, 2.45) is 0 Å². The van der Waals surface area contributed by atoms with Crippen LogP contribution in [0.5, 0.6) is 28.7 Å². The van der Waals surface area contributed by atoms with E-state index in [1.165, 1.54) is 38.5 Å². The van der Waals surface area contributed by atoms with Gasteiger partial charge in [0.15, 0.2) is 17.3 Å². The molecular formula is C23H20N2O7. The lowest BCUT2D eigenvalue weighted by atomic mass is 10.1. The SMILES string of the molecule is COc1cc(-c2nc(-c3ccc(O)cc3OC)[nH]c2-c2oc(C)cc(=O)c2O)ccc1O. The Bertz CT molecular complexity index is 1370. The maximum absolute atomic E-state index is 12.2. The lowest BCUT2D eigenvalue weighted by Gasteiger charge is -2.08. The number of nitrogens with one attached hydrogen (secondary N) is 1. The number of nitrogens with zero attached hydrogens (tertiary/aromatic N) is 1. The summed E-state index contributed by atoms with van der Waals surface area (Å²) in [6.45, 7) is 1.59. The van der Waals surface area contributed by atoms with Gasteiger partial charge in [-0.2, -0.15) is 0 Å². The average Bonchev–Trinajstić information content (AvgIpc) is 3.21. The van der Waals surface area contributed by atoms with E-state index in [0.29, 0.717) is 34.2 Å². The summed E-state index contributed by atoms with van der Waals surface area (Å²) in [5.41, 5.74) is 1.02. The van der Waals surface area contributed by atoms with Crippen molar-refractivity contribution in [3.63, 3.8) is 0 Å². The number of hydrogen-bond donors (Lipinski definition) is 4. The van der Waals surface area contributed by atoms with Gasteiger partial charge in [0.05, 0.1) is 19.8 Å². The van der Waals surface area contributed by atoms with Gasteiger partial charge >= 0.3 is 0 Å². The van der Waals surface area contributed by atoms with Gasteiger partial charge in [-0.25, -0.2) is 4.98 Å². The Balaban J connectivity index is 2.02. The zero-order valence-electron chi connectivity index (χ0n) is 17.5. The van der Waals surface area contributed by atoms with Crippen molar-refractivity contribution in [2.45, 2.75) is 6.92 Å². The van der Waals surface area contributed by atoms with Gasteiger partial charge in [-0.05, 0) is 37.3 Å². The molecule has 4 aromatic rings. The molecule has 0 atom stereocenters. The number of imidazole rings is 1. The molecule has 4 rings (SSSR count). The maximum atomic E-state index is 12.2. The predicted molar refractivity (Wildman–Crippen MR) is 116 cm³/mol. The number of methoxy groups -OCH3 is 2. The highest BCUT2D eigenvalue weighted by molar-refractivity contribution is 5.83. The minimum absolute atomic E-state index is 0.0169. The van der Waals surface area contributed by atoms with Crippen molar-refractivity contribution >= 4 is 0 Å². The van der Waals surface area contributed by atoms with E-state index in [1.54, 1.807) is 25.1 Å². The molecule has 0 radical (unpaired) electrons. The Hall–Kier alpha value is -4.40. The number of benzene rings is 2. The number of aryl methyl sites for hydroxylation is 1. The molecule has 0 bridgehead atoms. The number of aromatic amines is 1. The van der Waals surface area contributed by atoms with Crippen LogP contribution in [0.4, 0.5) is 0 Å². The molecule has 0 aliphatic heterocycles. The molecule has 9 heteroatoms. The van der Waals surface area contributed by atoms with Crippen molar-refractivity contribution in [2.75, 3.05) is 14.2 Å². The second kappa shape index (κ2) is 8.03. The van der Waals surface area contributed by atoms with E-state index in [2.05, 4.69) is 9.97 Å². The number of rotatable bonds is 5. The highest BCUT2D eigenvalue weighted by atomic mass is 16.5. The summed E-state index contributed by atoms with van der Waals surface area (Å²) < 4.78 is 16.2. The fourth-order valence-electron chi connectivity index (χ4n) is 3.35. The lowest BCUT2D eigenvalue weighted by molar-refractivity contribution is 0.373. The van der Waals surface area contributed by atoms with Gasteiger partial charge in [0.2, 0.25) is 11.2 Å². The molecule has 0 aliphatic carbocycles. The molecule has 2 heterocycles. The predicted octanol–water partition coefficient (Wildman–Crippen LogP) is 3.81. The topological polar surface area (TPSA) is 138 Å². The number of H-pyrrole nitrogens is 1. The van der Waals surface area contributed by atoms with E-state index in [0.717, 1.165) is 0 Å². The first kappa shape index (κ1) is 20.9. The number of ether oxygens (including phenoxy) is 2. The minimum Gasteiger partial charge on any atom is -0.508 e. The normalized spacial score (nSPS) is 10.8.